The van der Waals surface area contributed by atoms with E-state index in [0.29, 0.717) is 6.54 Å². The van der Waals surface area contributed by atoms with Gasteiger partial charge in [0.2, 0.25) is 5.91 Å². The number of esters is 2. The van der Waals surface area contributed by atoms with Gasteiger partial charge in [-0.05, 0) is 0 Å². The third-order valence-corrected chi connectivity index (χ3v) is 2.81. The van der Waals surface area contributed by atoms with Crippen LogP contribution in [-0.4, -0.2) is 60.3 Å². The van der Waals surface area contributed by atoms with Gasteiger partial charge < -0.3 is 25.2 Å². The predicted molar refractivity (Wildman–Crippen MR) is 68.2 cm³/mol. The highest BCUT2D eigenvalue weighted by molar-refractivity contribution is 5.87. The van der Waals surface area contributed by atoms with E-state index in [0.717, 1.165) is 6.92 Å². The number of carbonyl (C=O) groups is 4. The first-order valence-corrected chi connectivity index (χ1v) is 6.36. The van der Waals surface area contributed by atoms with Crippen molar-refractivity contribution in [1.82, 2.24) is 10.6 Å². The number of carbonyl (C=O) groups excluding carboxylic acids is 3. The summed E-state index contributed by atoms with van der Waals surface area (Å²) in [5.41, 5.74) is 0. The molecule has 0 aromatic heterocycles. The van der Waals surface area contributed by atoms with Crippen molar-refractivity contribution in [2.45, 2.75) is 38.5 Å². The van der Waals surface area contributed by atoms with Gasteiger partial charge in [-0.1, -0.05) is 0 Å². The molecule has 0 radical (unpaired) electrons. The molecule has 1 saturated heterocycles. The molecule has 9 heteroatoms. The highest BCUT2D eigenvalue weighted by Crippen LogP contribution is 2.11. The summed E-state index contributed by atoms with van der Waals surface area (Å²) in [4.78, 5) is 44.4. The number of ether oxygens (including phenoxy) is 2. The van der Waals surface area contributed by atoms with Gasteiger partial charge in [0.05, 0.1) is 6.04 Å². The minimum atomic E-state index is -1.32. The van der Waals surface area contributed by atoms with Crippen LogP contribution in [0.1, 0.15) is 20.3 Å². The van der Waals surface area contributed by atoms with E-state index < -0.39 is 48.6 Å². The molecule has 1 fully saturated rings. The van der Waals surface area contributed by atoms with Crippen LogP contribution < -0.4 is 10.6 Å². The molecule has 0 aromatic rings. The second-order valence-corrected chi connectivity index (χ2v) is 4.63. The minimum absolute atomic E-state index is 0.255. The summed E-state index contributed by atoms with van der Waals surface area (Å²) in [6.07, 6.45) is -0.166. The molecule has 1 amide bonds. The fourth-order valence-corrected chi connectivity index (χ4v) is 1.88. The van der Waals surface area contributed by atoms with Crippen molar-refractivity contribution in [2.75, 3.05) is 13.2 Å². The average molecular weight is 302 g/mol. The quantitative estimate of drug-likeness (QED) is 0.501. The van der Waals surface area contributed by atoms with E-state index in [9.17, 15) is 19.2 Å². The molecule has 3 unspecified atom stereocenters. The van der Waals surface area contributed by atoms with Gasteiger partial charge in [-0.25, -0.2) is 4.79 Å². The molecule has 0 bridgehead atoms. The molecule has 0 aromatic carbocycles. The summed E-state index contributed by atoms with van der Waals surface area (Å²) in [6.45, 7) is 2.28. The maximum Gasteiger partial charge on any atom is 0.329 e. The molecular formula is C12H18N2O7. The van der Waals surface area contributed by atoms with Crippen molar-refractivity contribution in [2.24, 2.45) is 0 Å². The highest BCUT2D eigenvalue weighted by Gasteiger charge is 2.33. The molecule has 9 nitrogen and oxygen atoms in total. The number of hydrogen-bond donors (Lipinski definition) is 3. The summed E-state index contributed by atoms with van der Waals surface area (Å²) in [5, 5.41) is 14.1. The van der Waals surface area contributed by atoms with Crippen molar-refractivity contribution in [1.29, 1.82) is 0 Å². The molecule has 1 heterocycles. The second-order valence-electron chi connectivity index (χ2n) is 4.63. The molecule has 3 atom stereocenters. The molecule has 0 spiro atoms. The number of aliphatic carboxylic acids is 1. The smallest absolute Gasteiger partial charge is 0.329 e. The number of amides is 1. The zero-order valence-corrected chi connectivity index (χ0v) is 11.8. The van der Waals surface area contributed by atoms with Crippen LogP contribution in [0.5, 0.6) is 0 Å². The van der Waals surface area contributed by atoms with Gasteiger partial charge in [0, 0.05) is 26.8 Å². The molecule has 0 aliphatic carbocycles. The van der Waals surface area contributed by atoms with Gasteiger partial charge in [-0.3, -0.25) is 14.4 Å². The molecule has 21 heavy (non-hydrogen) atoms. The third kappa shape index (κ3) is 5.78. The van der Waals surface area contributed by atoms with Crippen LogP contribution in [0, 0.1) is 0 Å². The summed E-state index contributed by atoms with van der Waals surface area (Å²) < 4.78 is 9.53. The van der Waals surface area contributed by atoms with E-state index in [-0.39, 0.29) is 6.42 Å². The zero-order valence-electron chi connectivity index (χ0n) is 11.8. The first-order valence-electron chi connectivity index (χ1n) is 6.36. The summed E-state index contributed by atoms with van der Waals surface area (Å²) >= 11 is 0. The predicted octanol–water partition coefficient (Wildman–Crippen LogP) is -1.59. The molecule has 1 aliphatic heterocycles. The Hall–Kier alpha value is -2.16. The van der Waals surface area contributed by atoms with Crippen molar-refractivity contribution in [3.8, 4) is 0 Å². The lowest BCUT2D eigenvalue weighted by atomic mass is 10.1. The standard InChI is InChI=1S/C12H18N2O7/c1-6(15)20-5-10(12(18)19)14-11(17)9-3-8(4-13-9)21-7(2)16/h8-10,13H,3-5H2,1-2H3,(H,14,17)(H,18,19). The van der Waals surface area contributed by atoms with Crippen LogP contribution in [0.15, 0.2) is 0 Å². The van der Waals surface area contributed by atoms with E-state index in [1.54, 1.807) is 0 Å². The second kappa shape index (κ2) is 7.58. The van der Waals surface area contributed by atoms with E-state index >= 15 is 0 Å². The van der Waals surface area contributed by atoms with E-state index in [1.807, 2.05) is 0 Å². The maximum atomic E-state index is 11.9. The number of rotatable bonds is 6. The van der Waals surface area contributed by atoms with Crippen LogP contribution in [0.4, 0.5) is 0 Å². The fourth-order valence-electron chi connectivity index (χ4n) is 1.88. The lowest BCUT2D eigenvalue weighted by Crippen LogP contribution is -2.50. The van der Waals surface area contributed by atoms with Crippen LogP contribution in [0.2, 0.25) is 0 Å². The lowest BCUT2D eigenvalue weighted by Gasteiger charge is -2.17. The fraction of sp³-hybridized carbons (Fsp3) is 0.667. The van der Waals surface area contributed by atoms with Crippen LogP contribution in [0.3, 0.4) is 0 Å². The van der Waals surface area contributed by atoms with Gasteiger partial charge >= 0.3 is 17.9 Å². The first-order chi connectivity index (χ1) is 9.79. The third-order valence-electron chi connectivity index (χ3n) is 2.81. The number of hydrogen-bond acceptors (Lipinski definition) is 7. The van der Waals surface area contributed by atoms with Crippen LogP contribution in [-0.2, 0) is 28.7 Å². The Bertz CT molecular complexity index is 437. The topological polar surface area (TPSA) is 131 Å². The summed E-state index contributed by atoms with van der Waals surface area (Å²) in [5.74, 6) is -2.94. The van der Waals surface area contributed by atoms with Gasteiger partial charge in [-0.2, -0.15) is 0 Å². The van der Waals surface area contributed by atoms with Gasteiger partial charge in [-0.15, -0.1) is 0 Å². The molecular weight excluding hydrogens is 284 g/mol. The van der Waals surface area contributed by atoms with Crippen molar-refractivity contribution in [3.63, 3.8) is 0 Å². The van der Waals surface area contributed by atoms with Gasteiger partial charge in [0.25, 0.3) is 0 Å². The van der Waals surface area contributed by atoms with E-state index in [4.69, 9.17) is 9.84 Å². The van der Waals surface area contributed by atoms with E-state index in [1.165, 1.54) is 6.92 Å². The largest absolute Gasteiger partial charge is 0.480 e. The number of carboxylic acids is 1. The highest BCUT2D eigenvalue weighted by atomic mass is 16.5. The van der Waals surface area contributed by atoms with Gasteiger partial charge in [0.1, 0.15) is 12.7 Å². The molecule has 3 N–H and O–H groups in total. The monoisotopic (exact) mass is 302 g/mol. The first kappa shape index (κ1) is 16.9. The van der Waals surface area contributed by atoms with Crippen molar-refractivity contribution >= 4 is 23.8 Å². The van der Waals surface area contributed by atoms with Gasteiger partial charge in [0.15, 0.2) is 6.04 Å². The Morgan fingerprint density at radius 2 is 1.95 bits per heavy atom. The minimum Gasteiger partial charge on any atom is -0.480 e. The zero-order chi connectivity index (χ0) is 16.0. The normalized spacial score (nSPS) is 22.2. The maximum absolute atomic E-state index is 11.9. The Labute approximate surface area is 121 Å². The summed E-state index contributed by atoms with van der Waals surface area (Å²) in [6, 6.07) is -1.98. The Morgan fingerprint density at radius 1 is 1.29 bits per heavy atom. The number of nitrogens with one attached hydrogen (secondary N) is 2. The Balaban J connectivity index is 2.48. The van der Waals surface area contributed by atoms with Crippen molar-refractivity contribution < 1.29 is 33.8 Å². The summed E-state index contributed by atoms with van der Waals surface area (Å²) in [7, 11) is 0. The lowest BCUT2D eigenvalue weighted by molar-refractivity contribution is -0.149. The molecule has 0 saturated carbocycles. The molecule has 118 valence electrons. The van der Waals surface area contributed by atoms with Crippen molar-refractivity contribution in [3.05, 3.63) is 0 Å². The van der Waals surface area contributed by atoms with Crippen LogP contribution >= 0.6 is 0 Å². The van der Waals surface area contributed by atoms with Crippen LogP contribution in [0.25, 0.3) is 0 Å². The molecule has 1 rings (SSSR count). The average Bonchev–Trinajstić information content (AvgIpc) is 2.81. The van der Waals surface area contributed by atoms with E-state index in [2.05, 4.69) is 15.4 Å². The molecule has 1 aliphatic rings. The Kier molecular flexibility index (Phi) is 6.10. The SMILES string of the molecule is CC(=O)OCC(NC(=O)C1CC(OC(C)=O)CN1)C(=O)O. The number of carboxylic acid groups (broad SMARTS) is 1. The Morgan fingerprint density at radius 3 is 2.48 bits per heavy atom.